The van der Waals surface area contributed by atoms with Gasteiger partial charge in [-0.1, -0.05) is 22.9 Å². The Morgan fingerprint density at radius 3 is 2.55 bits per heavy atom. The summed E-state index contributed by atoms with van der Waals surface area (Å²) >= 11 is 3.33. The zero-order valence-electron chi connectivity index (χ0n) is 11.8. The molecule has 0 amide bonds. The molecule has 0 N–H and O–H groups in total. The minimum Gasteiger partial charge on any atom is -0.325 e. The van der Waals surface area contributed by atoms with Crippen molar-refractivity contribution in [1.29, 1.82) is 0 Å². The van der Waals surface area contributed by atoms with Crippen molar-refractivity contribution < 1.29 is 0 Å². The average molecular weight is 343 g/mol. The summed E-state index contributed by atoms with van der Waals surface area (Å²) in [6.45, 7) is 5.60. The maximum Gasteiger partial charge on any atom is 0.332 e. The molecule has 0 radical (unpaired) electrons. The van der Waals surface area contributed by atoms with Crippen molar-refractivity contribution in [3.05, 3.63) is 27.2 Å². The highest BCUT2D eigenvalue weighted by Crippen LogP contribution is 2.07. The molecule has 110 valence electrons. The lowest BCUT2D eigenvalue weighted by molar-refractivity contribution is 0.572. The van der Waals surface area contributed by atoms with Crippen LogP contribution in [-0.2, 0) is 19.6 Å². The molecule has 0 unspecified atom stereocenters. The second-order valence-corrected chi connectivity index (χ2v) is 5.43. The number of halogens is 1. The maximum absolute atomic E-state index is 12.6. The van der Waals surface area contributed by atoms with Crippen molar-refractivity contribution in [2.45, 2.75) is 46.3 Å². The van der Waals surface area contributed by atoms with Crippen LogP contribution in [0.2, 0.25) is 0 Å². The molecular weight excluding hydrogens is 324 g/mol. The van der Waals surface area contributed by atoms with Crippen LogP contribution in [0.4, 0.5) is 0 Å². The van der Waals surface area contributed by atoms with Gasteiger partial charge in [0.05, 0.1) is 6.33 Å². The van der Waals surface area contributed by atoms with Gasteiger partial charge in [0.1, 0.15) is 0 Å². The topological polar surface area (TPSA) is 61.8 Å². The van der Waals surface area contributed by atoms with Crippen LogP contribution in [-0.4, -0.2) is 24.0 Å². The fourth-order valence-electron chi connectivity index (χ4n) is 2.35. The highest BCUT2D eigenvalue weighted by Gasteiger charge is 2.16. The number of rotatable bonds is 6. The van der Waals surface area contributed by atoms with E-state index in [1.54, 1.807) is 10.9 Å². The first-order chi connectivity index (χ1) is 9.65. The Balaban J connectivity index is 2.76. The predicted molar refractivity (Wildman–Crippen MR) is 82.6 cm³/mol. The lowest BCUT2D eigenvalue weighted by Gasteiger charge is -2.10. The monoisotopic (exact) mass is 342 g/mol. The Morgan fingerprint density at radius 2 is 1.95 bits per heavy atom. The summed E-state index contributed by atoms with van der Waals surface area (Å²) in [6.07, 6.45) is 3.31. The standard InChI is InChI=1S/C13H19BrN4O2/c1-3-7-16-9-15-11-10(16)12(19)18(8-5-6-14)13(20)17(11)4-2/h9H,3-8H2,1-2H3. The molecule has 0 saturated heterocycles. The molecule has 2 aromatic heterocycles. The van der Waals surface area contributed by atoms with Crippen molar-refractivity contribution >= 4 is 27.1 Å². The third-order valence-electron chi connectivity index (χ3n) is 3.28. The molecule has 0 saturated carbocycles. The summed E-state index contributed by atoms with van der Waals surface area (Å²) < 4.78 is 4.73. The lowest BCUT2D eigenvalue weighted by Crippen LogP contribution is -2.40. The van der Waals surface area contributed by atoms with Crippen LogP contribution in [0.15, 0.2) is 15.9 Å². The summed E-state index contributed by atoms with van der Waals surface area (Å²) in [6, 6.07) is 0. The largest absolute Gasteiger partial charge is 0.332 e. The molecule has 0 bridgehead atoms. The van der Waals surface area contributed by atoms with E-state index in [1.165, 1.54) is 4.57 Å². The quantitative estimate of drug-likeness (QED) is 0.748. The Labute approximate surface area is 125 Å². The van der Waals surface area contributed by atoms with Crippen molar-refractivity contribution in [3.63, 3.8) is 0 Å². The molecule has 0 aromatic carbocycles. The lowest BCUT2D eigenvalue weighted by atomic mass is 10.4. The van der Waals surface area contributed by atoms with E-state index in [-0.39, 0.29) is 11.2 Å². The van der Waals surface area contributed by atoms with Gasteiger partial charge >= 0.3 is 5.69 Å². The average Bonchev–Trinajstić information content (AvgIpc) is 2.84. The first-order valence-electron chi connectivity index (χ1n) is 6.90. The van der Waals surface area contributed by atoms with E-state index in [2.05, 4.69) is 20.9 Å². The highest BCUT2D eigenvalue weighted by atomic mass is 79.9. The third kappa shape index (κ3) is 2.46. The maximum atomic E-state index is 12.6. The molecule has 2 rings (SSSR count). The van der Waals surface area contributed by atoms with Crippen molar-refractivity contribution in [2.24, 2.45) is 0 Å². The molecule has 2 heterocycles. The minimum absolute atomic E-state index is 0.235. The van der Waals surface area contributed by atoms with E-state index < -0.39 is 0 Å². The predicted octanol–water partition coefficient (Wildman–Crippen LogP) is 1.57. The fraction of sp³-hybridized carbons (Fsp3) is 0.615. The van der Waals surface area contributed by atoms with Crippen LogP contribution >= 0.6 is 15.9 Å². The minimum atomic E-state index is -0.271. The van der Waals surface area contributed by atoms with Gasteiger partial charge < -0.3 is 4.57 Å². The van der Waals surface area contributed by atoms with Gasteiger partial charge in [0.15, 0.2) is 11.2 Å². The second kappa shape index (κ2) is 6.39. The Morgan fingerprint density at radius 1 is 1.20 bits per heavy atom. The van der Waals surface area contributed by atoms with E-state index in [4.69, 9.17) is 0 Å². The molecule has 7 heteroatoms. The van der Waals surface area contributed by atoms with Crippen LogP contribution in [0.3, 0.4) is 0 Å². The van der Waals surface area contributed by atoms with Gasteiger partial charge in [-0.25, -0.2) is 9.78 Å². The van der Waals surface area contributed by atoms with Crippen molar-refractivity contribution in [3.8, 4) is 0 Å². The summed E-state index contributed by atoms with van der Waals surface area (Å²) in [5.74, 6) is 0. The van der Waals surface area contributed by atoms with Gasteiger partial charge in [0, 0.05) is 25.0 Å². The van der Waals surface area contributed by atoms with Gasteiger partial charge in [-0.15, -0.1) is 0 Å². The number of aromatic nitrogens is 4. The normalized spacial score (nSPS) is 11.3. The van der Waals surface area contributed by atoms with E-state index >= 15 is 0 Å². The van der Waals surface area contributed by atoms with Crippen LogP contribution in [0.5, 0.6) is 0 Å². The SMILES string of the molecule is CCCn1cnc2c1c(=O)n(CCCBr)c(=O)n2CC. The van der Waals surface area contributed by atoms with Gasteiger partial charge in [0.25, 0.3) is 5.56 Å². The summed E-state index contributed by atoms with van der Waals surface area (Å²) in [5.41, 5.74) is 0.517. The van der Waals surface area contributed by atoms with Gasteiger partial charge in [0.2, 0.25) is 0 Å². The number of aryl methyl sites for hydroxylation is 2. The number of alkyl halides is 1. The number of fused-ring (bicyclic) bond motifs is 1. The van der Waals surface area contributed by atoms with E-state index in [1.807, 2.05) is 18.4 Å². The number of hydrogen-bond donors (Lipinski definition) is 0. The van der Waals surface area contributed by atoms with Gasteiger partial charge in [-0.05, 0) is 19.8 Å². The van der Waals surface area contributed by atoms with Crippen LogP contribution in [0.25, 0.3) is 11.2 Å². The molecule has 0 aliphatic rings. The highest BCUT2D eigenvalue weighted by molar-refractivity contribution is 9.09. The van der Waals surface area contributed by atoms with Crippen molar-refractivity contribution in [2.75, 3.05) is 5.33 Å². The smallest absolute Gasteiger partial charge is 0.325 e. The molecule has 2 aromatic rings. The van der Waals surface area contributed by atoms with Crippen molar-refractivity contribution in [1.82, 2.24) is 18.7 Å². The molecule has 0 fully saturated rings. The zero-order valence-corrected chi connectivity index (χ0v) is 13.4. The van der Waals surface area contributed by atoms with Gasteiger partial charge in [-0.3, -0.25) is 13.9 Å². The molecular formula is C13H19BrN4O2. The summed E-state index contributed by atoms with van der Waals surface area (Å²) in [4.78, 5) is 29.2. The molecule has 0 atom stereocenters. The molecule has 0 spiro atoms. The molecule has 0 aliphatic heterocycles. The second-order valence-electron chi connectivity index (χ2n) is 4.64. The summed E-state index contributed by atoms with van der Waals surface area (Å²) in [7, 11) is 0. The van der Waals surface area contributed by atoms with Gasteiger partial charge in [-0.2, -0.15) is 0 Å². The van der Waals surface area contributed by atoms with E-state index in [9.17, 15) is 9.59 Å². The Hall–Kier alpha value is -1.37. The number of nitrogens with zero attached hydrogens (tertiary/aromatic N) is 4. The molecule has 0 aliphatic carbocycles. The Bertz CT molecular complexity index is 713. The molecule has 6 nitrogen and oxygen atoms in total. The Kier molecular flexibility index (Phi) is 4.80. The number of imidazole rings is 1. The van der Waals surface area contributed by atoms with E-state index in [0.29, 0.717) is 24.3 Å². The van der Waals surface area contributed by atoms with Crippen LogP contribution in [0, 0.1) is 0 Å². The number of hydrogen-bond acceptors (Lipinski definition) is 3. The van der Waals surface area contributed by atoms with E-state index in [0.717, 1.165) is 24.7 Å². The molecule has 20 heavy (non-hydrogen) atoms. The third-order valence-corrected chi connectivity index (χ3v) is 3.84. The zero-order chi connectivity index (χ0) is 14.7. The van der Waals surface area contributed by atoms with Crippen LogP contribution < -0.4 is 11.2 Å². The van der Waals surface area contributed by atoms with Crippen LogP contribution in [0.1, 0.15) is 26.7 Å². The fourth-order valence-corrected chi connectivity index (χ4v) is 2.60. The first kappa shape index (κ1) is 15.0. The first-order valence-corrected chi connectivity index (χ1v) is 8.02. The summed E-state index contributed by atoms with van der Waals surface area (Å²) in [5, 5.41) is 0.761.